The SMILES string of the molecule is CSN1CCCC1C(=O)NN. The molecule has 1 amide bonds. The molecular formula is C6H13N3OS. The normalized spacial score (nSPS) is 25.5. The van der Waals surface area contributed by atoms with E-state index in [2.05, 4.69) is 9.73 Å². The zero-order valence-corrected chi connectivity index (χ0v) is 7.36. The fourth-order valence-electron chi connectivity index (χ4n) is 1.32. The zero-order chi connectivity index (χ0) is 8.27. The fraction of sp³-hybridized carbons (Fsp3) is 0.833. The van der Waals surface area contributed by atoms with Crippen molar-refractivity contribution in [1.29, 1.82) is 0 Å². The molecule has 5 heteroatoms. The molecule has 0 aliphatic carbocycles. The molecule has 1 fully saturated rings. The molecule has 1 rings (SSSR count). The third kappa shape index (κ3) is 1.85. The summed E-state index contributed by atoms with van der Waals surface area (Å²) in [6.45, 7) is 0.985. The van der Waals surface area contributed by atoms with Crippen molar-refractivity contribution < 1.29 is 4.79 Å². The molecule has 0 aromatic rings. The molecule has 11 heavy (non-hydrogen) atoms. The summed E-state index contributed by atoms with van der Waals surface area (Å²) in [6, 6.07) is -0.0185. The van der Waals surface area contributed by atoms with Crippen LogP contribution in [0.25, 0.3) is 0 Å². The summed E-state index contributed by atoms with van der Waals surface area (Å²) in [5.41, 5.74) is 2.18. The third-order valence-corrected chi connectivity index (χ3v) is 2.79. The highest BCUT2D eigenvalue weighted by Crippen LogP contribution is 2.22. The van der Waals surface area contributed by atoms with E-state index in [-0.39, 0.29) is 11.9 Å². The van der Waals surface area contributed by atoms with Gasteiger partial charge in [-0.2, -0.15) is 0 Å². The van der Waals surface area contributed by atoms with Gasteiger partial charge in [-0.25, -0.2) is 10.1 Å². The summed E-state index contributed by atoms with van der Waals surface area (Å²) in [7, 11) is 0. The van der Waals surface area contributed by atoms with Gasteiger partial charge in [0.15, 0.2) is 0 Å². The first-order valence-electron chi connectivity index (χ1n) is 3.60. The van der Waals surface area contributed by atoms with Crippen LogP contribution in [0.1, 0.15) is 12.8 Å². The van der Waals surface area contributed by atoms with Gasteiger partial charge in [0.1, 0.15) is 6.04 Å². The summed E-state index contributed by atoms with van der Waals surface area (Å²) in [5, 5.41) is 0. The third-order valence-electron chi connectivity index (χ3n) is 1.88. The lowest BCUT2D eigenvalue weighted by molar-refractivity contribution is -0.124. The van der Waals surface area contributed by atoms with Crippen LogP contribution in [0.2, 0.25) is 0 Å². The van der Waals surface area contributed by atoms with Crippen molar-refractivity contribution in [3.8, 4) is 0 Å². The number of hydrogen-bond acceptors (Lipinski definition) is 4. The second kappa shape index (κ2) is 3.94. The van der Waals surface area contributed by atoms with Crippen LogP contribution in [0.5, 0.6) is 0 Å². The van der Waals surface area contributed by atoms with Crippen molar-refractivity contribution in [1.82, 2.24) is 9.73 Å². The Morgan fingerprint density at radius 1 is 1.82 bits per heavy atom. The van der Waals surface area contributed by atoms with Crippen LogP contribution in [0.4, 0.5) is 0 Å². The van der Waals surface area contributed by atoms with Gasteiger partial charge < -0.3 is 0 Å². The van der Waals surface area contributed by atoms with E-state index in [1.54, 1.807) is 11.9 Å². The molecule has 1 saturated heterocycles. The minimum absolute atomic E-state index is 0.0185. The Kier molecular flexibility index (Phi) is 3.16. The van der Waals surface area contributed by atoms with Gasteiger partial charge in [0.05, 0.1) is 0 Å². The Hall–Kier alpha value is -0.260. The van der Waals surface area contributed by atoms with Crippen molar-refractivity contribution in [2.45, 2.75) is 18.9 Å². The second-order valence-corrected chi connectivity index (χ2v) is 3.32. The average molecular weight is 175 g/mol. The maximum Gasteiger partial charge on any atom is 0.252 e. The number of hydrazine groups is 1. The summed E-state index contributed by atoms with van der Waals surface area (Å²) in [4.78, 5) is 11.1. The van der Waals surface area contributed by atoms with Crippen LogP contribution in [-0.2, 0) is 4.79 Å². The highest BCUT2D eigenvalue weighted by atomic mass is 32.2. The second-order valence-electron chi connectivity index (χ2n) is 2.49. The van der Waals surface area contributed by atoms with E-state index in [1.165, 1.54) is 0 Å². The fourth-order valence-corrected chi connectivity index (χ4v) is 2.08. The molecule has 64 valence electrons. The maximum absolute atomic E-state index is 11.1. The standard InChI is InChI=1S/C6H13N3OS/c1-11-9-4-2-3-5(9)6(10)8-7/h5H,2-4,7H2,1H3,(H,8,10). The van der Waals surface area contributed by atoms with E-state index in [0.717, 1.165) is 19.4 Å². The quantitative estimate of drug-likeness (QED) is 0.262. The first-order chi connectivity index (χ1) is 5.29. The summed E-state index contributed by atoms with van der Waals surface area (Å²) in [6.07, 6.45) is 3.98. The average Bonchev–Trinajstić information content (AvgIpc) is 2.50. The molecule has 0 spiro atoms. The smallest absolute Gasteiger partial charge is 0.252 e. The predicted molar refractivity (Wildman–Crippen MR) is 45.6 cm³/mol. The van der Waals surface area contributed by atoms with Crippen LogP contribution < -0.4 is 11.3 Å². The number of nitrogens with zero attached hydrogens (tertiary/aromatic N) is 1. The molecule has 0 bridgehead atoms. The summed E-state index contributed by atoms with van der Waals surface area (Å²) in [5.74, 6) is 4.96. The van der Waals surface area contributed by atoms with Gasteiger partial charge in [-0.3, -0.25) is 10.2 Å². The molecule has 0 radical (unpaired) electrons. The van der Waals surface area contributed by atoms with Gasteiger partial charge >= 0.3 is 0 Å². The minimum Gasteiger partial charge on any atom is -0.293 e. The predicted octanol–water partition coefficient (Wildman–Crippen LogP) is -0.281. The monoisotopic (exact) mass is 175 g/mol. The van der Waals surface area contributed by atoms with E-state index in [4.69, 9.17) is 5.84 Å². The van der Waals surface area contributed by atoms with Gasteiger partial charge in [-0.15, -0.1) is 0 Å². The van der Waals surface area contributed by atoms with Gasteiger partial charge in [0.25, 0.3) is 5.91 Å². The molecule has 1 heterocycles. The topological polar surface area (TPSA) is 58.4 Å². The Labute approximate surface area is 70.6 Å². The number of hydrogen-bond donors (Lipinski definition) is 2. The van der Waals surface area contributed by atoms with E-state index >= 15 is 0 Å². The lowest BCUT2D eigenvalue weighted by Gasteiger charge is -2.18. The molecule has 1 aliphatic heterocycles. The van der Waals surface area contributed by atoms with Crippen molar-refractivity contribution in [2.24, 2.45) is 5.84 Å². The first kappa shape index (κ1) is 8.83. The molecule has 0 aromatic heterocycles. The number of amides is 1. The lowest BCUT2D eigenvalue weighted by Crippen LogP contribution is -2.43. The summed E-state index contributed by atoms with van der Waals surface area (Å²) < 4.78 is 2.06. The molecule has 1 atom stereocenters. The maximum atomic E-state index is 11.1. The van der Waals surface area contributed by atoms with Crippen LogP contribution in [0, 0.1) is 0 Å². The highest BCUT2D eigenvalue weighted by molar-refractivity contribution is 7.96. The van der Waals surface area contributed by atoms with Crippen LogP contribution in [0.3, 0.4) is 0 Å². The Morgan fingerprint density at radius 3 is 3.09 bits per heavy atom. The highest BCUT2D eigenvalue weighted by Gasteiger charge is 2.29. The molecule has 1 aliphatic rings. The molecule has 3 N–H and O–H groups in total. The van der Waals surface area contributed by atoms with Crippen LogP contribution in [-0.4, -0.2) is 29.1 Å². The van der Waals surface area contributed by atoms with Crippen molar-refractivity contribution >= 4 is 17.9 Å². The lowest BCUT2D eigenvalue weighted by atomic mass is 10.2. The number of nitrogens with two attached hydrogens (primary N) is 1. The Morgan fingerprint density at radius 2 is 2.55 bits per heavy atom. The van der Waals surface area contributed by atoms with E-state index in [1.807, 2.05) is 6.26 Å². The van der Waals surface area contributed by atoms with Crippen molar-refractivity contribution in [3.05, 3.63) is 0 Å². The Balaban J connectivity index is 2.49. The van der Waals surface area contributed by atoms with Gasteiger partial charge in [-0.1, -0.05) is 11.9 Å². The number of rotatable bonds is 2. The van der Waals surface area contributed by atoms with E-state index < -0.39 is 0 Å². The summed E-state index contributed by atoms with van der Waals surface area (Å²) >= 11 is 1.60. The molecule has 1 unspecified atom stereocenters. The van der Waals surface area contributed by atoms with Gasteiger partial charge in [-0.05, 0) is 19.1 Å². The first-order valence-corrected chi connectivity index (χ1v) is 4.79. The number of carbonyl (C=O) groups excluding carboxylic acids is 1. The number of carbonyl (C=O) groups is 1. The van der Waals surface area contributed by atoms with E-state index in [9.17, 15) is 4.79 Å². The number of nitrogens with one attached hydrogen (secondary N) is 1. The van der Waals surface area contributed by atoms with Crippen LogP contribution >= 0.6 is 11.9 Å². The minimum atomic E-state index is -0.0724. The molecule has 0 aromatic carbocycles. The van der Waals surface area contributed by atoms with Gasteiger partial charge in [0.2, 0.25) is 0 Å². The van der Waals surface area contributed by atoms with Crippen molar-refractivity contribution in [2.75, 3.05) is 12.8 Å². The van der Waals surface area contributed by atoms with E-state index in [0.29, 0.717) is 0 Å². The zero-order valence-electron chi connectivity index (χ0n) is 6.54. The van der Waals surface area contributed by atoms with Gasteiger partial charge in [0, 0.05) is 6.54 Å². The largest absolute Gasteiger partial charge is 0.293 e. The Bertz CT molecular complexity index is 153. The van der Waals surface area contributed by atoms with Crippen molar-refractivity contribution in [3.63, 3.8) is 0 Å². The molecule has 4 nitrogen and oxygen atoms in total. The van der Waals surface area contributed by atoms with Crippen LogP contribution in [0.15, 0.2) is 0 Å². The molecule has 0 saturated carbocycles. The molecular weight excluding hydrogens is 162 g/mol.